The van der Waals surface area contributed by atoms with Crippen LogP contribution < -0.4 is 10.2 Å². The normalized spacial score (nSPS) is 6.87. The predicted molar refractivity (Wildman–Crippen MR) is 44.7 cm³/mol. The van der Waals surface area contributed by atoms with E-state index in [1.165, 1.54) is 0 Å². The molecule has 0 spiro atoms. The number of carbonyl (C=O) groups is 2. The molecular weight excluding hydrogens is 253 g/mol. The molecule has 0 aliphatic rings. The van der Waals surface area contributed by atoms with Gasteiger partial charge < -0.3 is 24.8 Å². The van der Waals surface area contributed by atoms with Gasteiger partial charge in [-0.1, -0.05) is 0 Å². The van der Waals surface area contributed by atoms with Gasteiger partial charge in [0.25, 0.3) is 0 Å². The molecule has 1 aromatic heterocycles. The van der Waals surface area contributed by atoms with Crippen LogP contribution in [0.1, 0.15) is 19.7 Å². The number of H-pyrrole nitrogens is 1. The molecule has 0 bridgehead atoms. The Labute approximate surface area is 100 Å². The molecule has 0 atom stereocenters. The van der Waals surface area contributed by atoms with Crippen molar-refractivity contribution in [3.05, 3.63) is 18.2 Å². The van der Waals surface area contributed by atoms with E-state index in [-0.39, 0.29) is 19.5 Å². The zero-order chi connectivity index (χ0) is 11.6. The van der Waals surface area contributed by atoms with Gasteiger partial charge in [-0.15, -0.1) is 0 Å². The number of hydrogen-bond donors (Lipinski definition) is 1. The summed E-state index contributed by atoms with van der Waals surface area (Å²) in [6.45, 7) is 3.86. The number of carboxylic acids is 2. The molecule has 0 saturated heterocycles. The van der Waals surface area contributed by atoms with E-state index in [0.29, 0.717) is 0 Å². The third kappa shape index (κ3) is 44.5. The zero-order valence-electron chi connectivity index (χ0n) is 8.94. The van der Waals surface area contributed by atoms with Gasteiger partial charge in [0.1, 0.15) is 5.82 Å². The number of aromatic nitrogens is 2. The summed E-state index contributed by atoms with van der Waals surface area (Å²) in [7, 11) is 0. The summed E-state index contributed by atoms with van der Waals surface area (Å²) >= 11 is 0. The van der Waals surface area contributed by atoms with Crippen molar-refractivity contribution in [1.29, 1.82) is 0 Å². The largest absolute Gasteiger partial charge is 2.00 e. The second kappa shape index (κ2) is 12.8. The van der Waals surface area contributed by atoms with E-state index in [1.807, 2.05) is 6.92 Å². The molecule has 6 nitrogen and oxygen atoms in total. The number of nitrogens with one attached hydrogen (secondary N) is 1. The molecule has 0 aliphatic heterocycles. The number of aryl methyl sites for hydroxylation is 1. The number of aliphatic carboxylic acids is 2. The zero-order valence-corrected chi connectivity index (χ0v) is 11.9. The molecule has 0 unspecified atom stereocenters. The van der Waals surface area contributed by atoms with E-state index in [1.54, 1.807) is 12.4 Å². The van der Waals surface area contributed by atoms with Gasteiger partial charge in [-0.3, -0.25) is 0 Å². The number of aromatic amines is 1. The van der Waals surface area contributed by atoms with Crippen LogP contribution >= 0.6 is 0 Å². The van der Waals surface area contributed by atoms with E-state index >= 15 is 0 Å². The summed E-state index contributed by atoms with van der Waals surface area (Å²) in [4.78, 5) is 24.5. The van der Waals surface area contributed by atoms with Crippen LogP contribution in [0, 0.1) is 6.92 Å². The van der Waals surface area contributed by atoms with Gasteiger partial charge in [-0.05, 0) is 20.8 Å². The molecule has 1 rings (SSSR count). The van der Waals surface area contributed by atoms with Crippen LogP contribution in [0.25, 0.3) is 0 Å². The standard InChI is InChI=1S/C4H6N2.2C2H4O2.Zn/c1-4-5-2-3-6-4;2*1-2(3)4;/h2-3H,1H3,(H,5,6);2*1H3,(H,3,4);/q;;;+2/p-2. The molecule has 80 valence electrons. The molecule has 0 radical (unpaired) electrons. The van der Waals surface area contributed by atoms with Crippen LogP contribution in [0.2, 0.25) is 0 Å². The second-order valence-corrected chi connectivity index (χ2v) is 2.16. The van der Waals surface area contributed by atoms with Crippen molar-refractivity contribution in [3.63, 3.8) is 0 Å². The first-order valence-corrected chi connectivity index (χ1v) is 3.67. The average Bonchev–Trinajstić information content (AvgIpc) is 2.36. The van der Waals surface area contributed by atoms with Crippen molar-refractivity contribution in [2.75, 3.05) is 0 Å². The minimum Gasteiger partial charge on any atom is -0.550 e. The van der Waals surface area contributed by atoms with E-state index in [9.17, 15) is 0 Å². The van der Waals surface area contributed by atoms with Gasteiger partial charge in [-0.2, -0.15) is 0 Å². The second-order valence-electron chi connectivity index (χ2n) is 2.16. The third-order valence-corrected chi connectivity index (χ3v) is 0.635. The molecule has 15 heavy (non-hydrogen) atoms. The van der Waals surface area contributed by atoms with Crippen molar-refractivity contribution < 1.29 is 39.3 Å². The Kier molecular flexibility index (Phi) is 16.5. The molecule has 0 saturated carbocycles. The smallest absolute Gasteiger partial charge is 0.550 e. The van der Waals surface area contributed by atoms with Crippen molar-refractivity contribution in [2.45, 2.75) is 20.8 Å². The number of carbonyl (C=O) groups excluding carboxylic acids is 2. The Morgan fingerprint density at radius 1 is 1.27 bits per heavy atom. The van der Waals surface area contributed by atoms with E-state index < -0.39 is 11.9 Å². The number of rotatable bonds is 0. The third-order valence-electron chi connectivity index (χ3n) is 0.635. The molecule has 1 aromatic rings. The van der Waals surface area contributed by atoms with Gasteiger partial charge in [-0.25, -0.2) is 4.98 Å². The Morgan fingerprint density at radius 3 is 1.67 bits per heavy atom. The van der Waals surface area contributed by atoms with Crippen LogP contribution in [0.5, 0.6) is 0 Å². The Morgan fingerprint density at radius 2 is 1.60 bits per heavy atom. The molecule has 0 fully saturated rings. The fraction of sp³-hybridized carbons (Fsp3) is 0.375. The minimum atomic E-state index is -1.08. The Bertz CT molecular complexity index is 242. The van der Waals surface area contributed by atoms with Gasteiger partial charge in [0.15, 0.2) is 0 Å². The first kappa shape index (κ1) is 19.4. The summed E-state index contributed by atoms with van der Waals surface area (Å²) < 4.78 is 0. The number of hydrogen-bond acceptors (Lipinski definition) is 5. The van der Waals surface area contributed by atoms with Crippen molar-refractivity contribution in [2.24, 2.45) is 0 Å². The van der Waals surface area contributed by atoms with Crippen LogP contribution in [0.15, 0.2) is 12.4 Å². The van der Waals surface area contributed by atoms with Crippen LogP contribution in [-0.4, -0.2) is 21.9 Å². The van der Waals surface area contributed by atoms with E-state index in [2.05, 4.69) is 9.97 Å². The molecule has 0 aromatic carbocycles. The molecule has 0 aliphatic carbocycles. The fourth-order valence-electron chi connectivity index (χ4n) is 0.344. The van der Waals surface area contributed by atoms with E-state index in [4.69, 9.17) is 19.8 Å². The van der Waals surface area contributed by atoms with Crippen molar-refractivity contribution in [1.82, 2.24) is 9.97 Å². The summed E-state index contributed by atoms with van der Waals surface area (Å²) in [5, 5.41) is 17.8. The SMILES string of the molecule is CC(=O)[O-].CC(=O)[O-].Cc1ncc[nH]1.[Zn+2]. The first-order valence-electron chi connectivity index (χ1n) is 3.67. The van der Waals surface area contributed by atoms with E-state index in [0.717, 1.165) is 19.7 Å². The maximum Gasteiger partial charge on any atom is 2.00 e. The monoisotopic (exact) mass is 264 g/mol. The summed E-state index contributed by atoms with van der Waals surface area (Å²) in [5.41, 5.74) is 0. The topological polar surface area (TPSA) is 109 Å². The Hall–Kier alpha value is -1.23. The number of nitrogens with zero attached hydrogens (tertiary/aromatic N) is 1. The molecule has 7 heteroatoms. The predicted octanol–water partition coefficient (Wildman–Crippen LogP) is -1.77. The quantitative estimate of drug-likeness (QED) is 0.558. The minimum absolute atomic E-state index is 0. The maximum atomic E-state index is 8.89. The first-order chi connectivity index (χ1) is 6.36. The van der Waals surface area contributed by atoms with Gasteiger partial charge >= 0.3 is 19.5 Å². The molecular formula is C8H12N2O4Zn. The van der Waals surface area contributed by atoms with Crippen molar-refractivity contribution >= 4 is 11.9 Å². The van der Waals surface area contributed by atoms with Crippen LogP contribution in [0.3, 0.4) is 0 Å². The van der Waals surface area contributed by atoms with Gasteiger partial charge in [0, 0.05) is 24.3 Å². The van der Waals surface area contributed by atoms with Crippen molar-refractivity contribution in [3.8, 4) is 0 Å². The van der Waals surface area contributed by atoms with Gasteiger partial charge in [0.2, 0.25) is 0 Å². The summed E-state index contributed by atoms with van der Waals surface area (Å²) in [6, 6.07) is 0. The molecule has 1 N–H and O–H groups in total. The molecule has 1 heterocycles. The fourth-order valence-corrected chi connectivity index (χ4v) is 0.344. The van der Waals surface area contributed by atoms with Crippen LogP contribution in [-0.2, 0) is 29.1 Å². The number of carboxylic acid groups (broad SMARTS) is 2. The van der Waals surface area contributed by atoms with Crippen LogP contribution in [0.4, 0.5) is 0 Å². The summed E-state index contributed by atoms with van der Waals surface area (Å²) in [5.74, 6) is -1.20. The maximum absolute atomic E-state index is 8.89. The molecule has 0 amide bonds. The Balaban J connectivity index is -0.000000145. The average molecular weight is 266 g/mol. The summed E-state index contributed by atoms with van der Waals surface area (Å²) in [6.07, 6.45) is 3.53. The number of imidazole rings is 1. The van der Waals surface area contributed by atoms with Gasteiger partial charge in [0.05, 0.1) is 0 Å².